The predicted octanol–water partition coefficient (Wildman–Crippen LogP) is 26.7. The molecular weight excluding hydrogens is 1710 g/mol. The quantitative estimate of drug-likeness (QED) is 0.0143. The summed E-state index contributed by atoms with van der Waals surface area (Å²) in [6.07, 6.45) is 69.2. The van der Waals surface area contributed by atoms with Crippen LogP contribution in [0.2, 0.25) is 0 Å². The second-order valence-electron chi connectivity index (χ2n) is 35.8. The summed E-state index contributed by atoms with van der Waals surface area (Å²) in [6.45, 7) is 7.25. The van der Waals surface area contributed by atoms with Crippen molar-refractivity contribution >= 4 is 59.3 Å². The van der Waals surface area contributed by atoms with E-state index in [9.17, 15) is 67.4 Å². The van der Waals surface area contributed by atoms with Crippen LogP contribution in [0.15, 0.2) is 0 Å². The van der Waals surface area contributed by atoms with Gasteiger partial charge in [-0.15, -0.1) is 0 Å². The van der Waals surface area contributed by atoms with Crippen LogP contribution in [-0.2, 0) is 98.0 Å². The summed E-state index contributed by atoms with van der Waals surface area (Å²) in [6, 6.07) is 0. The highest BCUT2D eigenvalue weighted by Crippen LogP contribution is 2.46. The summed E-state index contributed by atoms with van der Waals surface area (Å²) < 4.78 is 101. The number of aliphatic hydroxyl groups is 3. The monoisotopic (exact) mass is 1910 g/mol. The molecule has 6 N–H and O–H groups in total. The van der Waals surface area contributed by atoms with E-state index in [-0.39, 0.29) is 45.1 Å². The van der Waals surface area contributed by atoms with E-state index in [1.54, 1.807) is 0 Å². The van der Waals surface area contributed by atoms with Crippen LogP contribution in [0.1, 0.15) is 504 Å². The molecule has 30 heteroatoms. The zero-order valence-electron chi connectivity index (χ0n) is 82.5. The number of esters is 6. The maximum Gasteiger partial charge on any atom is 0.472 e. The molecule has 3 unspecified atom stereocenters. The molecule has 0 spiro atoms. The number of carbonyl (C=O) groups excluding carboxylic acids is 6. The van der Waals surface area contributed by atoms with Crippen LogP contribution < -0.4 is 0 Å². The van der Waals surface area contributed by atoms with Gasteiger partial charge in [-0.25, -0.2) is 13.7 Å². The molecule has 0 aliphatic heterocycles. The number of hydrogen-bond donors (Lipinski definition) is 6. The Morgan fingerprint density at radius 3 is 0.504 bits per heavy atom. The Balaban J connectivity index is 0. The van der Waals surface area contributed by atoms with Gasteiger partial charge in [-0.2, -0.15) is 0 Å². The van der Waals surface area contributed by atoms with Crippen molar-refractivity contribution in [2.24, 2.45) is 0 Å². The number of aliphatic hydroxyl groups excluding tert-OH is 3. The van der Waals surface area contributed by atoms with E-state index in [2.05, 4.69) is 46.1 Å². The molecule has 0 radical (unpaired) electrons. The Hall–Kier alpha value is -2.97. The van der Waals surface area contributed by atoms with Crippen molar-refractivity contribution in [2.45, 2.75) is 534 Å². The molecule has 0 fully saturated rings. The molecule has 0 amide bonds. The third-order valence-electron chi connectivity index (χ3n) is 22.9. The van der Waals surface area contributed by atoms with Crippen LogP contribution in [0.25, 0.3) is 0 Å². The average molecular weight is 1910 g/mol. The number of ether oxygens (including phenoxy) is 6. The van der Waals surface area contributed by atoms with Gasteiger partial charge in [0.05, 0.1) is 46.2 Å². The standard InChI is InChI=1S/C65H126O17P2.C34H67O10P/c1-5-9-13-17-21-25-29-33-37-41-45-49-62(67)75-55-60(81-64(69)51-47-43-39-35-31-27-23-19-15-11-7-3)57-79-83(71,72)77-53-59(66)54-78-84(73,74)80-58-61(82-65(70)52-48-44-40-36-32-28-24-20-16-12-8-4)56-76-63(68)50-46-42-38-34-30-26-22-18-14-10-6-2;1-3-5-7-9-11-13-15-17-19-21-23-25-33(37)41-29-32(30-43-45(39,40)42-28-31(36)27-35)44-34(38)26-24-22-20-18-16-14-12-10-8-6-4-2/h59-61,66H,5-58H2,1-4H3,(H,71,72)(H,73,74);31-32,35-36H,3-30H2,1-2H3,(H,39,40)/t60-,61-;31-,32+/m10/s1. The zero-order valence-corrected chi connectivity index (χ0v) is 85.2. The van der Waals surface area contributed by atoms with Crippen molar-refractivity contribution < 1.29 is 128 Å². The summed E-state index contributed by atoms with van der Waals surface area (Å²) in [5, 5.41) is 28.8. The van der Waals surface area contributed by atoms with E-state index in [1.807, 2.05) is 0 Å². The molecule has 7 atom stereocenters. The van der Waals surface area contributed by atoms with Gasteiger partial charge in [0.1, 0.15) is 32.0 Å². The van der Waals surface area contributed by atoms with Gasteiger partial charge in [-0.1, -0.05) is 427 Å². The smallest absolute Gasteiger partial charge is 0.462 e. The molecule has 0 aliphatic rings. The highest BCUT2D eigenvalue weighted by atomic mass is 31.2. The van der Waals surface area contributed by atoms with Crippen LogP contribution in [0.4, 0.5) is 0 Å². The van der Waals surface area contributed by atoms with Gasteiger partial charge in [-0.3, -0.25) is 55.9 Å². The molecule has 0 aromatic heterocycles. The van der Waals surface area contributed by atoms with Gasteiger partial charge in [0, 0.05) is 38.5 Å². The van der Waals surface area contributed by atoms with Crippen LogP contribution in [-0.4, -0.2) is 162 Å². The summed E-state index contributed by atoms with van der Waals surface area (Å²) >= 11 is 0. The lowest BCUT2D eigenvalue weighted by atomic mass is 10.1. The van der Waals surface area contributed by atoms with Gasteiger partial charge in [0.25, 0.3) is 0 Å². The van der Waals surface area contributed by atoms with Crippen molar-refractivity contribution in [3.8, 4) is 0 Å². The highest BCUT2D eigenvalue weighted by molar-refractivity contribution is 7.47. The van der Waals surface area contributed by atoms with Crippen LogP contribution >= 0.6 is 23.5 Å². The predicted molar refractivity (Wildman–Crippen MR) is 513 cm³/mol. The largest absolute Gasteiger partial charge is 0.472 e. The lowest BCUT2D eigenvalue weighted by Crippen LogP contribution is -2.30. The number of unbranched alkanes of at least 4 members (excludes halogenated alkanes) is 60. The molecule has 27 nitrogen and oxygen atoms in total. The molecule has 0 aromatic rings. The fourth-order valence-electron chi connectivity index (χ4n) is 14.7. The summed E-state index contributed by atoms with van der Waals surface area (Å²) in [7, 11) is -14.5. The highest BCUT2D eigenvalue weighted by Gasteiger charge is 2.32. The molecule has 129 heavy (non-hydrogen) atoms. The Labute approximate surface area is 783 Å². The minimum Gasteiger partial charge on any atom is -0.462 e. The molecule has 0 aliphatic carbocycles. The number of hydrogen-bond acceptors (Lipinski definition) is 24. The Morgan fingerprint density at radius 2 is 0.341 bits per heavy atom. The molecule has 766 valence electrons. The number of phosphoric acid groups is 3. The number of carbonyl (C=O) groups is 6. The van der Waals surface area contributed by atoms with Crippen molar-refractivity contribution in [3.05, 3.63) is 0 Å². The Bertz CT molecular complexity index is 2570. The van der Waals surface area contributed by atoms with E-state index in [0.29, 0.717) is 38.5 Å². The van der Waals surface area contributed by atoms with Gasteiger partial charge in [0.15, 0.2) is 18.3 Å². The van der Waals surface area contributed by atoms with Gasteiger partial charge in [-0.05, 0) is 38.5 Å². The lowest BCUT2D eigenvalue weighted by molar-refractivity contribution is -0.161. The minimum atomic E-state index is -4.94. The third-order valence-corrected chi connectivity index (χ3v) is 25.7. The van der Waals surface area contributed by atoms with Crippen LogP contribution in [0, 0.1) is 0 Å². The van der Waals surface area contributed by atoms with Crippen LogP contribution in [0.5, 0.6) is 0 Å². The molecule has 0 saturated carbocycles. The molecule has 0 heterocycles. The maximum atomic E-state index is 13.0. The normalized spacial score (nSPS) is 14.1. The first kappa shape index (κ1) is 128. The first-order valence-electron chi connectivity index (χ1n) is 52.3. The van der Waals surface area contributed by atoms with E-state index < -0.39 is 149 Å². The zero-order chi connectivity index (χ0) is 95.3. The molecule has 0 aromatic carbocycles. The fourth-order valence-corrected chi connectivity index (χ4v) is 17.1. The van der Waals surface area contributed by atoms with E-state index >= 15 is 0 Å². The summed E-state index contributed by atoms with van der Waals surface area (Å²) in [4.78, 5) is 107. The summed E-state index contributed by atoms with van der Waals surface area (Å²) in [5.41, 5.74) is 0. The number of rotatable bonds is 100. The fraction of sp³-hybridized carbons (Fsp3) is 0.939. The Kier molecular flexibility index (Phi) is 94.7. The van der Waals surface area contributed by atoms with E-state index in [4.69, 9.17) is 56.1 Å². The van der Waals surface area contributed by atoms with E-state index in [1.165, 1.54) is 257 Å². The van der Waals surface area contributed by atoms with Crippen molar-refractivity contribution in [1.29, 1.82) is 0 Å². The first-order chi connectivity index (χ1) is 62.4. The second-order valence-corrected chi connectivity index (χ2v) is 40.1. The molecular formula is C99H193O27P3. The van der Waals surface area contributed by atoms with Crippen LogP contribution in [0.3, 0.4) is 0 Å². The van der Waals surface area contributed by atoms with Crippen molar-refractivity contribution in [2.75, 3.05) is 66.1 Å². The van der Waals surface area contributed by atoms with Gasteiger partial charge in [0.2, 0.25) is 0 Å². The third kappa shape index (κ3) is 96.5. The van der Waals surface area contributed by atoms with Gasteiger partial charge < -0.3 is 58.4 Å². The van der Waals surface area contributed by atoms with Crippen molar-refractivity contribution in [1.82, 2.24) is 0 Å². The summed E-state index contributed by atoms with van der Waals surface area (Å²) in [5.74, 6) is -3.05. The molecule has 0 saturated heterocycles. The molecule has 0 rings (SSSR count). The maximum absolute atomic E-state index is 13.0. The average Bonchev–Trinajstić information content (AvgIpc) is 0.895. The Morgan fingerprint density at radius 1 is 0.202 bits per heavy atom. The van der Waals surface area contributed by atoms with E-state index in [0.717, 1.165) is 128 Å². The van der Waals surface area contributed by atoms with Crippen molar-refractivity contribution in [3.63, 3.8) is 0 Å². The van der Waals surface area contributed by atoms with Gasteiger partial charge >= 0.3 is 59.3 Å². The topological polar surface area (TPSA) is 386 Å². The minimum absolute atomic E-state index is 0.107. The first-order valence-corrected chi connectivity index (χ1v) is 56.8. The molecule has 0 bridgehead atoms. The second kappa shape index (κ2) is 95.3. The SMILES string of the molecule is CCCCCCCCCCCCCC(=O)OC[C@H](COP(=O)(O)OCC(O)COP(=O)(O)OC[C@@H](COC(=O)CCCCCCCCCCCCC)OC(=O)CCCCCCCCCCCCC)OC(=O)CCCCCCCCCCCCC.CCCCCCCCCCCCCC(=O)OC[C@H](COP(=O)(O)OC[C@@H](O)CO)OC(=O)CCCCCCCCCCCCC. The lowest BCUT2D eigenvalue weighted by Gasteiger charge is -2.21. The number of phosphoric ester groups is 3.